The van der Waals surface area contributed by atoms with Gasteiger partial charge in [-0.05, 0) is 37.3 Å². The molecule has 0 saturated heterocycles. The number of anilines is 1. The lowest BCUT2D eigenvalue weighted by Gasteiger charge is -2.13. The van der Waals surface area contributed by atoms with Crippen LogP contribution in [0.1, 0.15) is 24.2 Å². The van der Waals surface area contributed by atoms with Crippen LogP contribution in [0.2, 0.25) is 0 Å². The summed E-state index contributed by atoms with van der Waals surface area (Å²) in [6.07, 6.45) is 2.52. The molecule has 0 bridgehead atoms. The minimum absolute atomic E-state index is 0.102. The molecule has 1 aromatic carbocycles. The molecule has 124 valence electrons. The van der Waals surface area contributed by atoms with Crippen molar-refractivity contribution < 1.29 is 19.2 Å². The number of hydrogen-bond donors (Lipinski definition) is 2. The highest BCUT2D eigenvalue weighted by Crippen LogP contribution is 2.17. The number of nitrogens with zero attached hydrogens (tertiary/aromatic N) is 1. The molecular weight excluding hydrogens is 299 g/mol. The molecule has 1 rings (SSSR count). The second kappa shape index (κ2) is 8.24. The maximum absolute atomic E-state index is 13.3. The van der Waals surface area contributed by atoms with Crippen LogP contribution in [0.5, 0.6) is 0 Å². The highest BCUT2D eigenvalue weighted by Gasteiger charge is 2.14. The first-order valence-electron chi connectivity index (χ1n) is 7.08. The van der Waals surface area contributed by atoms with Gasteiger partial charge in [0.05, 0.1) is 0 Å². The Morgan fingerprint density at radius 1 is 1.26 bits per heavy atom. The van der Waals surface area contributed by atoms with Crippen LogP contribution in [-0.2, 0) is 4.79 Å². The van der Waals surface area contributed by atoms with E-state index in [1.807, 2.05) is 31.1 Å². The number of Topliss-reactive ketones (excluding diaryl/α,β-unsaturated/α-hetero) is 1. The third-order valence-corrected chi connectivity index (χ3v) is 3.27. The number of benzene rings is 1. The maximum Gasteiger partial charge on any atom is 0.303 e. The van der Waals surface area contributed by atoms with Crippen molar-refractivity contribution in [2.75, 3.05) is 19.0 Å². The van der Waals surface area contributed by atoms with Crippen molar-refractivity contribution in [3.05, 3.63) is 53.4 Å². The lowest BCUT2D eigenvalue weighted by atomic mass is 9.97. The summed E-state index contributed by atoms with van der Waals surface area (Å²) >= 11 is 0. The standard InChI is InChI=1S/C17H21FN2O3/c1-11(10-15(18)17(22)19-23)9-12(2)16(21)13-5-7-14(8-6-13)20(3)4/h5-10,12,23H,1-4H3,(H,19,22)/b11-9+,15-10-/t12-/m1/s1. The summed E-state index contributed by atoms with van der Waals surface area (Å²) in [5.74, 6) is -2.93. The predicted octanol–water partition coefficient (Wildman–Crippen LogP) is 2.88. The molecule has 0 aliphatic heterocycles. The van der Waals surface area contributed by atoms with Gasteiger partial charge in [-0.3, -0.25) is 14.8 Å². The third kappa shape index (κ3) is 5.34. The average Bonchev–Trinajstić information content (AvgIpc) is 2.52. The number of hydrogen-bond acceptors (Lipinski definition) is 4. The minimum Gasteiger partial charge on any atom is -0.378 e. The zero-order chi connectivity index (χ0) is 17.6. The molecule has 0 aromatic heterocycles. The molecule has 0 spiro atoms. The van der Waals surface area contributed by atoms with E-state index >= 15 is 0 Å². The van der Waals surface area contributed by atoms with Crippen molar-refractivity contribution in [1.82, 2.24) is 5.48 Å². The van der Waals surface area contributed by atoms with Gasteiger partial charge < -0.3 is 4.90 Å². The number of carbonyl (C=O) groups excluding carboxylic acids is 2. The summed E-state index contributed by atoms with van der Waals surface area (Å²) in [4.78, 5) is 25.2. The topological polar surface area (TPSA) is 69.6 Å². The van der Waals surface area contributed by atoms with E-state index in [9.17, 15) is 14.0 Å². The fourth-order valence-electron chi connectivity index (χ4n) is 2.02. The number of nitrogens with one attached hydrogen (secondary N) is 1. The normalized spacial score (nSPS) is 13.5. The van der Waals surface area contributed by atoms with Crippen LogP contribution in [0, 0.1) is 5.92 Å². The smallest absolute Gasteiger partial charge is 0.303 e. The molecule has 0 fully saturated rings. The van der Waals surface area contributed by atoms with E-state index in [1.54, 1.807) is 32.1 Å². The Morgan fingerprint density at radius 2 is 1.83 bits per heavy atom. The van der Waals surface area contributed by atoms with Gasteiger partial charge in [0.2, 0.25) is 0 Å². The first-order chi connectivity index (χ1) is 10.8. The number of amides is 1. The van der Waals surface area contributed by atoms with Gasteiger partial charge >= 0.3 is 5.91 Å². The van der Waals surface area contributed by atoms with Crippen molar-refractivity contribution in [3.8, 4) is 0 Å². The van der Waals surface area contributed by atoms with Crippen LogP contribution >= 0.6 is 0 Å². The molecule has 0 unspecified atom stereocenters. The number of halogens is 1. The van der Waals surface area contributed by atoms with Crippen molar-refractivity contribution in [2.45, 2.75) is 13.8 Å². The number of carbonyl (C=O) groups is 2. The van der Waals surface area contributed by atoms with Crippen molar-refractivity contribution in [3.63, 3.8) is 0 Å². The molecule has 5 nitrogen and oxygen atoms in total. The van der Waals surface area contributed by atoms with E-state index in [0.717, 1.165) is 11.8 Å². The molecule has 0 saturated carbocycles. The second-order valence-corrected chi connectivity index (χ2v) is 5.44. The van der Waals surface area contributed by atoms with Gasteiger partial charge in [0.1, 0.15) is 0 Å². The Bertz CT molecular complexity index is 634. The molecule has 2 N–H and O–H groups in total. The lowest BCUT2D eigenvalue weighted by molar-refractivity contribution is -0.126. The number of ketones is 1. The Hall–Kier alpha value is -2.47. The Labute approximate surface area is 135 Å². The molecule has 23 heavy (non-hydrogen) atoms. The van der Waals surface area contributed by atoms with Gasteiger partial charge in [0, 0.05) is 31.3 Å². The lowest BCUT2D eigenvalue weighted by Crippen LogP contribution is -2.18. The summed E-state index contributed by atoms with van der Waals surface area (Å²) in [5, 5.41) is 8.34. The van der Waals surface area contributed by atoms with Crippen LogP contribution in [-0.4, -0.2) is 31.0 Å². The first kappa shape index (κ1) is 18.6. The molecule has 6 heteroatoms. The van der Waals surface area contributed by atoms with E-state index in [2.05, 4.69) is 0 Å². The molecule has 1 aromatic rings. The molecule has 0 aliphatic carbocycles. The summed E-state index contributed by atoms with van der Waals surface area (Å²) in [6.45, 7) is 3.27. The fraction of sp³-hybridized carbons (Fsp3) is 0.294. The zero-order valence-electron chi connectivity index (χ0n) is 13.6. The minimum atomic E-state index is -1.23. The summed E-state index contributed by atoms with van der Waals surface area (Å²) in [5.41, 5.74) is 3.17. The fourth-order valence-corrected chi connectivity index (χ4v) is 2.02. The molecule has 0 aliphatic rings. The molecular formula is C17H21FN2O3. The maximum atomic E-state index is 13.3. The van der Waals surface area contributed by atoms with Crippen molar-refractivity contribution in [2.24, 2.45) is 5.92 Å². The molecule has 1 amide bonds. The average molecular weight is 320 g/mol. The Morgan fingerprint density at radius 3 is 2.30 bits per heavy atom. The summed E-state index contributed by atoms with van der Waals surface area (Å²) in [7, 11) is 3.82. The highest BCUT2D eigenvalue weighted by atomic mass is 19.1. The third-order valence-electron chi connectivity index (χ3n) is 3.27. The predicted molar refractivity (Wildman–Crippen MR) is 87.1 cm³/mol. The molecule has 1 atom stereocenters. The Kier molecular flexibility index (Phi) is 6.65. The van der Waals surface area contributed by atoms with Crippen LogP contribution in [0.15, 0.2) is 47.8 Å². The van der Waals surface area contributed by atoms with Gasteiger partial charge in [-0.25, -0.2) is 9.87 Å². The SMILES string of the molecule is CC(/C=C(\F)C(=O)NO)=C\[C@@H](C)C(=O)c1ccc(N(C)C)cc1. The van der Waals surface area contributed by atoms with Gasteiger partial charge in [-0.1, -0.05) is 18.6 Å². The van der Waals surface area contributed by atoms with E-state index in [-0.39, 0.29) is 5.78 Å². The quantitative estimate of drug-likeness (QED) is 0.278. The summed E-state index contributed by atoms with van der Waals surface area (Å²) < 4.78 is 13.3. The van der Waals surface area contributed by atoms with E-state index in [4.69, 9.17) is 5.21 Å². The molecule has 0 radical (unpaired) electrons. The second-order valence-electron chi connectivity index (χ2n) is 5.44. The van der Waals surface area contributed by atoms with Crippen molar-refractivity contribution in [1.29, 1.82) is 0 Å². The highest BCUT2D eigenvalue weighted by molar-refractivity contribution is 5.99. The van der Waals surface area contributed by atoms with Gasteiger partial charge in [-0.2, -0.15) is 0 Å². The number of rotatable bonds is 6. The first-order valence-corrected chi connectivity index (χ1v) is 7.08. The zero-order valence-corrected chi connectivity index (χ0v) is 13.6. The van der Waals surface area contributed by atoms with Crippen LogP contribution in [0.4, 0.5) is 10.1 Å². The van der Waals surface area contributed by atoms with Gasteiger partial charge in [0.15, 0.2) is 11.6 Å². The van der Waals surface area contributed by atoms with Gasteiger partial charge in [-0.15, -0.1) is 0 Å². The Balaban J connectivity index is 2.87. The largest absolute Gasteiger partial charge is 0.378 e. The van der Waals surface area contributed by atoms with Crippen LogP contribution in [0.25, 0.3) is 0 Å². The van der Waals surface area contributed by atoms with Crippen LogP contribution < -0.4 is 10.4 Å². The molecule has 0 heterocycles. The van der Waals surface area contributed by atoms with Crippen LogP contribution in [0.3, 0.4) is 0 Å². The number of hydroxylamine groups is 1. The monoisotopic (exact) mass is 320 g/mol. The van der Waals surface area contributed by atoms with E-state index in [0.29, 0.717) is 11.1 Å². The van der Waals surface area contributed by atoms with Crippen molar-refractivity contribution >= 4 is 17.4 Å². The number of allylic oxidation sites excluding steroid dienone is 3. The van der Waals surface area contributed by atoms with E-state index < -0.39 is 17.7 Å². The van der Waals surface area contributed by atoms with E-state index in [1.165, 1.54) is 5.48 Å². The summed E-state index contributed by atoms with van der Waals surface area (Å²) in [6, 6.07) is 7.18. The van der Waals surface area contributed by atoms with Gasteiger partial charge in [0.25, 0.3) is 0 Å².